The number of aliphatic hydroxyl groups excluding tert-OH is 1. The lowest BCUT2D eigenvalue weighted by Crippen LogP contribution is -2.57. The van der Waals surface area contributed by atoms with Crippen LogP contribution in [0.5, 0.6) is 5.75 Å². The number of nitrogen functional groups attached to an aromatic ring is 1. The van der Waals surface area contributed by atoms with Crippen LogP contribution in [0.15, 0.2) is 23.7 Å². The van der Waals surface area contributed by atoms with Crippen LogP contribution in [0.1, 0.15) is 5.56 Å². The number of thiazole rings is 1. The van der Waals surface area contributed by atoms with Gasteiger partial charge in [-0.3, -0.25) is 0 Å². The smallest absolute Gasteiger partial charge is 0.321 e. The van der Waals surface area contributed by atoms with E-state index in [1.165, 1.54) is 11.3 Å². The molecule has 1 aromatic carbocycles. The first-order chi connectivity index (χ1) is 14.5. The van der Waals surface area contributed by atoms with Crippen LogP contribution in [0.3, 0.4) is 0 Å². The number of aromatic nitrogens is 3. The van der Waals surface area contributed by atoms with Gasteiger partial charge >= 0.3 is 6.03 Å². The van der Waals surface area contributed by atoms with E-state index < -0.39 is 0 Å². The summed E-state index contributed by atoms with van der Waals surface area (Å²) >= 11 is 1.38. The van der Waals surface area contributed by atoms with Crippen LogP contribution in [0.25, 0.3) is 10.3 Å². The number of nitrogens with zero attached hydrogens (tertiary/aromatic N) is 5. The van der Waals surface area contributed by atoms with Crippen LogP contribution < -0.4 is 20.7 Å². The standard InChI is InChI=1S/C19H23N7O3S/c1-11-7-13(29-2)3-4-14(11)22-19(28)25-5-6-26(12(8-25)9-27)16-15-17(30-10-21-15)24-18(20)23-16/h3-4,7,10,12,27H,5-6,8-9H2,1-2H3,(H,22,28)(H2,20,23,24)/t12-/m0/s1. The molecule has 0 unspecified atom stereocenters. The minimum atomic E-state index is -0.333. The highest BCUT2D eigenvalue weighted by Gasteiger charge is 2.32. The van der Waals surface area contributed by atoms with Gasteiger partial charge in [-0.1, -0.05) is 0 Å². The van der Waals surface area contributed by atoms with Crippen LogP contribution in [0.2, 0.25) is 0 Å². The van der Waals surface area contributed by atoms with E-state index >= 15 is 0 Å². The van der Waals surface area contributed by atoms with E-state index in [0.29, 0.717) is 35.8 Å². The van der Waals surface area contributed by atoms with Crippen LogP contribution in [-0.4, -0.2) is 70.4 Å². The Bertz CT molecular complexity index is 1070. The number of nitrogens with one attached hydrogen (secondary N) is 1. The van der Waals surface area contributed by atoms with Gasteiger partial charge in [-0.25, -0.2) is 14.8 Å². The number of piperazine rings is 1. The Morgan fingerprint density at radius 2 is 2.23 bits per heavy atom. The third kappa shape index (κ3) is 3.81. The van der Waals surface area contributed by atoms with E-state index in [2.05, 4.69) is 20.3 Å². The molecule has 4 N–H and O–H groups in total. The minimum Gasteiger partial charge on any atom is -0.497 e. The first-order valence-corrected chi connectivity index (χ1v) is 10.3. The number of ether oxygens (including phenoxy) is 1. The first kappa shape index (κ1) is 20.1. The molecule has 10 nitrogen and oxygen atoms in total. The van der Waals surface area contributed by atoms with Crippen molar-refractivity contribution in [3.8, 4) is 5.75 Å². The van der Waals surface area contributed by atoms with Crippen LogP contribution >= 0.6 is 11.3 Å². The predicted molar refractivity (Wildman–Crippen MR) is 116 cm³/mol. The van der Waals surface area contributed by atoms with Crippen LogP contribution in [0.4, 0.5) is 22.2 Å². The van der Waals surface area contributed by atoms with Crippen molar-refractivity contribution >= 4 is 45.2 Å². The Balaban J connectivity index is 1.50. The molecule has 0 bridgehead atoms. The quantitative estimate of drug-likeness (QED) is 0.571. The largest absolute Gasteiger partial charge is 0.497 e. The number of carbonyl (C=O) groups is 1. The molecule has 0 saturated carbocycles. The highest BCUT2D eigenvalue weighted by Crippen LogP contribution is 2.29. The van der Waals surface area contributed by atoms with Gasteiger partial charge in [0.05, 0.1) is 25.3 Å². The number of fused-ring (bicyclic) bond motifs is 1. The number of carbonyl (C=O) groups excluding carboxylic acids is 1. The third-order valence-electron chi connectivity index (χ3n) is 5.12. The zero-order chi connectivity index (χ0) is 21.3. The molecule has 4 rings (SSSR count). The number of rotatable bonds is 4. The molecular formula is C19H23N7O3S. The fourth-order valence-electron chi connectivity index (χ4n) is 3.54. The number of hydrogen-bond donors (Lipinski definition) is 3. The average Bonchev–Trinajstić information content (AvgIpc) is 3.22. The fourth-order valence-corrected chi connectivity index (χ4v) is 4.20. The molecule has 1 fully saturated rings. The summed E-state index contributed by atoms with van der Waals surface area (Å²) in [5, 5.41) is 12.9. The molecule has 0 aliphatic carbocycles. The fraction of sp³-hybridized carbons (Fsp3) is 0.368. The van der Waals surface area contributed by atoms with Crippen LogP contribution in [0, 0.1) is 6.92 Å². The number of methoxy groups -OCH3 is 1. The van der Waals surface area contributed by atoms with E-state index in [4.69, 9.17) is 10.5 Å². The van der Waals surface area contributed by atoms with Gasteiger partial charge in [-0.2, -0.15) is 4.98 Å². The summed E-state index contributed by atoms with van der Waals surface area (Å²) in [6.45, 7) is 3.07. The second kappa shape index (κ2) is 8.28. The molecule has 30 heavy (non-hydrogen) atoms. The van der Waals surface area contributed by atoms with E-state index in [9.17, 15) is 9.90 Å². The predicted octanol–water partition coefficient (Wildman–Crippen LogP) is 1.70. The average molecular weight is 430 g/mol. The van der Waals surface area contributed by atoms with Gasteiger partial charge in [-0.05, 0) is 30.7 Å². The summed E-state index contributed by atoms with van der Waals surface area (Å²) < 4.78 is 5.21. The summed E-state index contributed by atoms with van der Waals surface area (Å²) in [5.41, 5.74) is 9.83. The molecule has 1 aliphatic heterocycles. The molecule has 3 heterocycles. The number of aryl methyl sites for hydroxylation is 1. The van der Waals surface area contributed by atoms with Gasteiger partial charge in [0.15, 0.2) is 10.6 Å². The highest BCUT2D eigenvalue weighted by molar-refractivity contribution is 7.16. The number of aliphatic hydroxyl groups is 1. The summed E-state index contributed by atoms with van der Waals surface area (Å²) in [6.07, 6.45) is 0. The van der Waals surface area contributed by atoms with E-state index in [1.807, 2.05) is 24.0 Å². The zero-order valence-corrected chi connectivity index (χ0v) is 17.5. The monoisotopic (exact) mass is 429 g/mol. The molecule has 2 aromatic heterocycles. The molecule has 158 valence electrons. The molecule has 11 heteroatoms. The van der Waals surface area contributed by atoms with Crippen molar-refractivity contribution in [1.82, 2.24) is 19.9 Å². The number of amides is 2. The van der Waals surface area contributed by atoms with Crippen molar-refractivity contribution in [3.05, 3.63) is 29.3 Å². The lowest BCUT2D eigenvalue weighted by Gasteiger charge is -2.41. The maximum Gasteiger partial charge on any atom is 0.321 e. The summed E-state index contributed by atoms with van der Waals surface area (Å²) in [7, 11) is 1.60. The molecule has 0 spiro atoms. The summed E-state index contributed by atoms with van der Waals surface area (Å²) in [6, 6.07) is 4.93. The van der Waals surface area contributed by atoms with Crippen molar-refractivity contribution in [2.45, 2.75) is 13.0 Å². The van der Waals surface area contributed by atoms with Crippen LogP contribution in [-0.2, 0) is 0 Å². The Morgan fingerprint density at radius 3 is 2.97 bits per heavy atom. The molecule has 3 aromatic rings. The second-order valence-corrected chi connectivity index (χ2v) is 7.83. The maximum atomic E-state index is 12.8. The Hall–Kier alpha value is -3.18. The Kier molecular flexibility index (Phi) is 5.55. The van der Waals surface area contributed by atoms with Crippen molar-refractivity contribution < 1.29 is 14.6 Å². The van der Waals surface area contributed by atoms with Gasteiger partial charge in [0.2, 0.25) is 5.95 Å². The maximum absolute atomic E-state index is 12.8. The molecule has 1 aliphatic rings. The topological polar surface area (TPSA) is 130 Å². The van der Waals surface area contributed by atoms with Gasteiger partial charge in [-0.15, -0.1) is 11.3 Å². The number of urea groups is 1. The summed E-state index contributed by atoms with van der Waals surface area (Å²) in [5.74, 6) is 1.48. The molecule has 0 radical (unpaired) electrons. The SMILES string of the molecule is COc1ccc(NC(=O)N2CCN(c3nc(N)nc4scnc34)[C@H](CO)C2)c(C)c1. The molecule has 1 saturated heterocycles. The number of nitrogens with two attached hydrogens (primary N) is 1. The minimum absolute atomic E-state index is 0.138. The van der Waals surface area contributed by atoms with Crippen molar-refractivity contribution in [1.29, 1.82) is 0 Å². The van der Waals surface area contributed by atoms with Crippen molar-refractivity contribution in [2.75, 3.05) is 49.3 Å². The first-order valence-electron chi connectivity index (χ1n) is 9.45. The van der Waals surface area contributed by atoms with Crippen molar-refractivity contribution in [3.63, 3.8) is 0 Å². The van der Waals surface area contributed by atoms with Gasteiger partial charge in [0, 0.05) is 25.3 Å². The number of anilines is 3. The zero-order valence-electron chi connectivity index (χ0n) is 16.7. The molecule has 2 amide bonds. The van der Waals surface area contributed by atoms with E-state index in [0.717, 1.165) is 17.0 Å². The van der Waals surface area contributed by atoms with E-state index in [1.54, 1.807) is 23.6 Å². The normalized spacial score (nSPS) is 16.7. The van der Waals surface area contributed by atoms with Gasteiger partial charge in [0.25, 0.3) is 0 Å². The highest BCUT2D eigenvalue weighted by atomic mass is 32.1. The van der Waals surface area contributed by atoms with Crippen molar-refractivity contribution in [2.24, 2.45) is 0 Å². The molecular weight excluding hydrogens is 406 g/mol. The lowest BCUT2D eigenvalue weighted by atomic mass is 10.1. The Labute approximate surface area is 177 Å². The lowest BCUT2D eigenvalue weighted by molar-refractivity contribution is 0.174. The number of hydrogen-bond acceptors (Lipinski definition) is 9. The third-order valence-corrected chi connectivity index (χ3v) is 5.84. The van der Waals surface area contributed by atoms with E-state index in [-0.39, 0.29) is 24.6 Å². The molecule has 1 atom stereocenters. The Morgan fingerprint density at radius 1 is 1.40 bits per heavy atom. The van der Waals surface area contributed by atoms with Gasteiger partial charge in [0.1, 0.15) is 11.3 Å². The summed E-state index contributed by atoms with van der Waals surface area (Å²) in [4.78, 5) is 30.1. The second-order valence-electron chi connectivity index (χ2n) is 7.00. The van der Waals surface area contributed by atoms with Gasteiger partial charge < -0.3 is 30.7 Å². The number of benzene rings is 1.